The zero-order valence-corrected chi connectivity index (χ0v) is 19.2. The maximum absolute atomic E-state index is 14.3. The highest BCUT2D eigenvalue weighted by atomic mass is 127. The molecule has 0 saturated heterocycles. The second-order valence-electron chi connectivity index (χ2n) is 8.15. The number of aryl methyl sites for hydroxylation is 1. The fraction of sp³-hybridized carbons (Fsp3) is 0.476. The Labute approximate surface area is 187 Å². The van der Waals surface area contributed by atoms with Crippen molar-refractivity contribution in [2.75, 3.05) is 18.8 Å². The van der Waals surface area contributed by atoms with Crippen molar-refractivity contribution in [2.45, 2.75) is 45.8 Å². The maximum Gasteiger partial charge on any atom is 0.312 e. The molecule has 0 aliphatic heterocycles. The van der Waals surface area contributed by atoms with E-state index < -0.39 is 12.2 Å². The van der Waals surface area contributed by atoms with Gasteiger partial charge in [-0.25, -0.2) is 9.37 Å². The number of hydrogen-bond donors (Lipinski definition) is 2. The standard InChI is InChI=1S/C21H25F2IN6/c1-11(2)10-26-5-6-30-17(27-18-19(25)28-21(23)29-20(18)30)9-13-7-14-12(8-16(13)24)3-4-15(14)22/h7-8,11,15,26H,3-6,9-10H2,1-2H3,(H2,25,28,29). The molecule has 160 valence electrons. The van der Waals surface area contributed by atoms with Crippen molar-refractivity contribution >= 4 is 39.6 Å². The largest absolute Gasteiger partial charge is 0.382 e. The quantitative estimate of drug-likeness (QED) is 0.277. The van der Waals surface area contributed by atoms with Gasteiger partial charge in [-0.1, -0.05) is 19.9 Å². The third-order valence-electron chi connectivity index (χ3n) is 5.40. The predicted molar refractivity (Wildman–Crippen MR) is 122 cm³/mol. The summed E-state index contributed by atoms with van der Waals surface area (Å²) in [6.07, 6.45) is 0.0268. The molecule has 3 aromatic rings. The summed E-state index contributed by atoms with van der Waals surface area (Å²) in [6, 6.07) is 4.01. The first-order valence-corrected chi connectivity index (χ1v) is 11.3. The maximum atomic E-state index is 14.3. The van der Waals surface area contributed by atoms with Gasteiger partial charge < -0.3 is 15.6 Å². The third kappa shape index (κ3) is 4.27. The molecular formula is C21H25F2IN6. The number of nitrogens with one attached hydrogen (secondary N) is 1. The molecule has 1 aliphatic rings. The lowest BCUT2D eigenvalue weighted by Crippen LogP contribution is -2.25. The second kappa shape index (κ2) is 8.70. The van der Waals surface area contributed by atoms with Crippen molar-refractivity contribution in [3.8, 4) is 0 Å². The fourth-order valence-electron chi connectivity index (χ4n) is 3.92. The topological polar surface area (TPSA) is 81.7 Å². The van der Waals surface area contributed by atoms with Gasteiger partial charge in [-0.05, 0) is 70.7 Å². The first kappa shape index (κ1) is 21.4. The molecule has 0 fully saturated rings. The number of imidazole rings is 1. The lowest BCUT2D eigenvalue weighted by molar-refractivity contribution is 0.343. The number of anilines is 1. The summed E-state index contributed by atoms with van der Waals surface area (Å²) in [6.45, 7) is 6.43. The number of rotatable bonds is 7. The molecule has 0 radical (unpaired) electrons. The van der Waals surface area contributed by atoms with E-state index in [-0.39, 0.29) is 5.82 Å². The Kier molecular flexibility index (Phi) is 6.19. The molecule has 2 heterocycles. The van der Waals surface area contributed by atoms with Crippen LogP contribution in [0.5, 0.6) is 0 Å². The van der Waals surface area contributed by atoms with Crippen LogP contribution in [-0.2, 0) is 19.4 Å². The van der Waals surface area contributed by atoms with Crippen LogP contribution in [0.4, 0.5) is 14.6 Å². The molecule has 4 rings (SSSR count). The van der Waals surface area contributed by atoms with Gasteiger partial charge in [0.2, 0.25) is 0 Å². The van der Waals surface area contributed by atoms with Crippen molar-refractivity contribution in [3.63, 3.8) is 0 Å². The van der Waals surface area contributed by atoms with E-state index in [1.54, 1.807) is 0 Å². The number of nitrogens with two attached hydrogens (primary N) is 1. The Hall–Kier alpha value is -1.88. The highest BCUT2D eigenvalue weighted by Crippen LogP contribution is 2.36. The number of nitrogen functional groups attached to an aromatic ring is 1. The molecular weight excluding hydrogens is 501 g/mol. The molecule has 6 nitrogen and oxygen atoms in total. The van der Waals surface area contributed by atoms with Crippen LogP contribution in [0.25, 0.3) is 11.2 Å². The molecule has 9 heteroatoms. The van der Waals surface area contributed by atoms with E-state index in [0.717, 1.165) is 33.2 Å². The van der Waals surface area contributed by atoms with Crippen molar-refractivity contribution in [2.24, 2.45) is 5.92 Å². The smallest absolute Gasteiger partial charge is 0.312 e. The number of halogens is 3. The predicted octanol–water partition coefficient (Wildman–Crippen LogP) is 3.95. The first-order valence-electron chi connectivity index (χ1n) is 10.2. The van der Waals surface area contributed by atoms with Gasteiger partial charge in [0, 0.05) is 23.1 Å². The minimum absolute atomic E-state index is 0.0279. The number of nitrogens with zero attached hydrogens (tertiary/aromatic N) is 4. The van der Waals surface area contributed by atoms with Crippen LogP contribution in [0, 0.1) is 15.6 Å². The second-order valence-corrected chi connectivity index (χ2v) is 9.32. The molecule has 0 saturated carbocycles. The highest BCUT2D eigenvalue weighted by Gasteiger charge is 2.24. The minimum Gasteiger partial charge on any atom is -0.382 e. The van der Waals surface area contributed by atoms with Crippen molar-refractivity contribution in [1.29, 1.82) is 0 Å². The van der Waals surface area contributed by atoms with E-state index >= 15 is 0 Å². The number of alkyl halides is 1. The van der Waals surface area contributed by atoms with E-state index in [0.29, 0.717) is 48.8 Å². The number of hydrogen-bond acceptors (Lipinski definition) is 5. The Morgan fingerprint density at radius 2 is 2.10 bits per heavy atom. The molecule has 30 heavy (non-hydrogen) atoms. The highest BCUT2D eigenvalue weighted by molar-refractivity contribution is 14.1. The lowest BCUT2D eigenvalue weighted by atomic mass is 10.0. The van der Waals surface area contributed by atoms with Gasteiger partial charge in [-0.2, -0.15) is 14.4 Å². The summed E-state index contributed by atoms with van der Waals surface area (Å²) in [5.41, 5.74) is 9.56. The summed E-state index contributed by atoms with van der Waals surface area (Å²) in [7, 11) is 0. The van der Waals surface area contributed by atoms with Gasteiger partial charge in [-0.15, -0.1) is 0 Å². The van der Waals surface area contributed by atoms with E-state index in [4.69, 9.17) is 5.73 Å². The Bertz CT molecular complexity index is 1080. The van der Waals surface area contributed by atoms with E-state index in [1.165, 1.54) is 0 Å². The van der Waals surface area contributed by atoms with Crippen molar-refractivity contribution in [3.05, 3.63) is 44.3 Å². The van der Waals surface area contributed by atoms with Gasteiger partial charge in [-0.3, -0.25) is 0 Å². The van der Waals surface area contributed by atoms with Gasteiger partial charge in [0.15, 0.2) is 17.0 Å². The average Bonchev–Trinajstić information content (AvgIpc) is 3.20. The molecule has 0 spiro atoms. The lowest BCUT2D eigenvalue weighted by Gasteiger charge is -2.13. The normalized spacial score (nSPS) is 16.0. The average molecular weight is 526 g/mol. The summed E-state index contributed by atoms with van der Waals surface area (Å²) >= 11 is 2.29. The number of benzene rings is 1. The monoisotopic (exact) mass is 526 g/mol. The summed E-state index contributed by atoms with van der Waals surface area (Å²) in [5, 5.41) is 3.39. The van der Waals surface area contributed by atoms with Crippen LogP contribution in [-0.4, -0.2) is 32.6 Å². The molecule has 1 unspecified atom stereocenters. The summed E-state index contributed by atoms with van der Waals surface area (Å²) < 4.78 is 31.1. The summed E-state index contributed by atoms with van der Waals surface area (Å²) in [4.78, 5) is 12.2. The Morgan fingerprint density at radius 3 is 2.87 bits per heavy atom. The Morgan fingerprint density at radius 1 is 1.30 bits per heavy atom. The van der Waals surface area contributed by atoms with Crippen molar-refractivity contribution in [1.82, 2.24) is 24.8 Å². The van der Waals surface area contributed by atoms with Gasteiger partial charge >= 0.3 is 6.08 Å². The minimum atomic E-state index is -0.912. The molecule has 3 N–H and O–H groups in total. The third-order valence-corrected chi connectivity index (χ3v) is 6.40. The number of fused-ring (bicyclic) bond motifs is 2. The van der Waals surface area contributed by atoms with Gasteiger partial charge in [0.25, 0.3) is 0 Å². The van der Waals surface area contributed by atoms with E-state index in [2.05, 4.69) is 62.8 Å². The van der Waals surface area contributed by atoms with Crippen LogP contribution in [0.15, 0.2) is 12.1 Å². The van der Waals surface area contributed by atoms with Gasteiger partial charge in [0.05, 0.1) is 0 Å². The molecule has 1 aromatic carbocycles. The van der Waals surface area contributed by atoms with Gasteiger partial charge in [0.1, 0.15) is 12.0 Å². The SMILES string of the molecule is CC(C)CNCCn1c(Cc2cc3c(cc2I)CCC3F)nc2c(N)nc(F)nc21. The molecule has 1 atom stereocenters. The molecule has 0 bridgehead atoms. The van der Waals surface area contributed by atoms with E-state index in [1.807, 2.05) is 10.6 Å². The zero-order valence-electron chi connectivity index (χ0n) is 17.1. The van der Waals surface area contributed by atoms with Crippen LogP contribution in [0.2, 0.25) is 0 Å². The molecule has 2 aromatic heterocycles. The van der Waals surface area contributed by atoms with Crippen LogP contribution >= 0.6 is 22.6 Å². The molecule has 0 amide bonds. The number of aromatic nitrogens is 4. The molecule has 1 aliphatic carbocycles. The van der Waals surface area contributed by atoms with Crippen LogP contribution in [0.3, 0.4) is 0 Å². The first-order chi connectivity index (χ1) is 14.3. The fourth-order valence-corrected chi connectivity index (χ4v) is 4.64. The zero-order chi connectivity index (χ0) is 21.4. The van der Waals surface area contributed by atoms with Crippen LogP contribution in [0.1, 0.15) is 49.0 Å². The van der Waals surface area contributed by atoms with E-state index in [9.17, 15) is 8.78 Å². The van der Waals surface area contributed by atoms with Crippen LogP contribution < -0.4 is 11.1 Å². The summed E-state index contributed by atoms with van der Waals surface area (Å²) in [5.74, 6) is 1.27. The van der Waals surface area contributed by atoms with Crippen molar-refractivity contribution < 1.29 is 8.78 Å². The Balaban J connectivity index is 1.70.